The fraction of sp³-hybridized carbons (Fsp3) is 0.290. The van der Waals surface area contributed by atoms with Gasteiger partial charge in [0.2, 0.25) is 5.95 Å². The average molecular weight is 556 g/mol. The fourth-order valence-corrected chi connectivity index (χ4v) is 5.57. The van der Waals surface area contributed by atoms with Gasteiger partial charge in [0.05, 0.1) is 16.9 Å². The van der Waals surface area contributed by atoms with Crippen LogP contribution >= 0.6 is 0 Å². The van der Waals surface area contributed by atoms with Gasteiger partial charge in [-0.05, 0) is 82.6 Å². The van der Waals surface area contributed by atoms with Crippen LogP contribution in [0.3, 0.4) is 0 Å². The van der Waals surface area contributed by atoms with Crippen LogP contribution in [0.5, 0.6) is 0 Å². The van der Waals surface area contributed by atoms with Gasteiger partial charge < -0.3 is 15.5 Å². The Morgan fingerprint density at radius 2 is 1.76 bits per heavy atom. The van der Waals surface area contributed by atoms with Gasteiger partial charge >= 0.3 is 0 Å². The predicted molar refractivity (Wildman–Crippen MR) is 156 cm³/mol. The molecule has 6 rings (SSSR count). The van der Waals surface area contributed by atoms with Crippen LogP contribution in [0, 0.1) is 18.6 Å². The van der Waals surface area contributed by atoms with Gasteiger partial charge in [0.1, 0.15) is 17.3 Å². The van der Waals surface area contributed by atoms with Crippen LogP contribution in [-0.2, 0) is 0 Å². The third-order valence-corrected chi connectivity index (χ3v) is 7.80. The maximum absolute atomic E-state index is 15.2. The molecule has 1 amide bonds. The SMILES string of the molecule is Cc1cn2c(n1)c(-c1ccc(NC(=O)c3ccccc3F)c(F)c1)cc1cnc(NC3CCC(N(C)C)CC3)nc12. The Kier molecular flexibility index (Phi) is 7.08. The summed E-state index contributed by atoms with van der Waals surface area (Å²) in [6.07, 6.45) is 8.06. The number of anilines is 2. The molecule has 1 aliphatic carbocycles. The number of pyridine rings is 1. The molecule has 5 aromatic rings. The average Bonchev–Trinajstić information content (AvgIpc) is 3.36. The van der Waals surface area contributed by atoms with Crippen molar-refractivity contribution < 1.29 is 13.6 Å². The number of imidazole rings is 1. The van der Waals surface area contributed by atoms with Gasteiger partial charge in [0.15, 0.2) is 5.65 Å². The molecular formula is C31H31F2N7O. The van der Waals surface area contributed by atoms with E-state index in [0.717, 1.165) is 36.8 Å². The summed E-state index contributed by atoms with van der Waals surface area (Å²) in [7, 11) is 4.26. The van der Waals surface area contributed by atoms with Gasteiger partial charge in [-0.25, -0.2) is 18.7 Å². The summed E-state index contributed by atoms with van der Waals surface area (Å²) in [6, 6.07) is 12.9. The van der Waals surface area contributed by atoms with Crippen molar-refractivity contribution in [2.45, 2.75) is 44.7 Å². The molecule has 210 valence electrons. The Bertz CT molecular complexity index is 1760. The minimum atomic E-state index is -0.723. The molecule has 0 spiro atoms. The topological polar surface area (TPSA) is 87.4 Å². The highest BCUT2D eigenvalue weighted by Gasteiger charge is 2.23. The Hall–Kier alpha value is -4.44. The van der Waals surface area contributed by atoms with E-state index in [4.69, 9.17) is 9.97 Å². The number of nitrogens with zero attached hydrogens (tertiary/aromatic N) is 5. The summed E-state index contributed by atoms with van der Waals surface area (Å²) in [4.78, 5) is 28.9. The highest BCUT2D eigenvalue weighted by molar-refractivity contribution is 6.04. The lowest BCUT2D eigenvalue weighted by Gasteiger charge is -2.32. The van der Waals surface area contributed by atoms with Crippen molar-refractivity contribution in [2.24, 2.45) is 0 Å². The standard InChI is InChI=1S/C31H31F2N7O/c1-18-17-40-28-20(16-34-31(38-28)36-21-9-11-22(12-10-21)39(2)3)14-24(29(40)35-18)19-8-13-27(26(33)15-19)37-30(41)23-6-4-5-7-25(23)32/h4-8,13-17,21-22H,9-12H2,1-3H3,(H,37,41)(H,34,36,38). The first kappa shape index (κ1) is 26.8. The molecule has 3 heterocycles. The maximum atomic E-state index is 15.2. The van der Waals surface area contributed by atoms with Gasteiger partial charge in [-0.3, -0.25) is 9.20 Å². The van der Waals surface area contributed by atoms with E-state index < -0.39 is 17.5 Å². The van der Waals surface area contributed by atoms with E-state index >= 15 is 4.39 Å². The van der Waals surface area contributed by atoms with Crippen molar-refractivity contribution in [2.75, 3.05) is 24.7 Å². The number of nitrogens with one attached hydrogen (secondary N) is 2. The number of carbonyl (C=O) groups is 1. The lowest BCUT2D eigenvalue weighted by molar-refractivity contribution is 0.102. The highest BCUT2D eigenvalue weighted by Crippen LogP contribution is 2.32. The molecule has 0 radical (unpaired) electrons. The molecule has 2 N–H and O–H groups in total. The van der Waals surface area contributed by atoms with Crippen LogP contribution in [-0.4, -0.2) is 56.3 Å². The number of aryl methyl sites for hydroxylation is 1. The second-order valence-electron chi connectivity index (χ2n) is 10.8. The second kappa shape index (κ2) is 10.9. The van der Waals surface area contributed by atoms with E-state index in [1.165, 1.54) is 30.3 Å². The molecular weight excluding hydrogens is 524 g/mol. The molecule has 0 aliphatic heterocycles. The van der Waals surface area contributed by atoms with Crippen LogP contribution < -0.4 is 10.6 Å². The summed E-state index contributed by atoms with van der Waals surface area (Å²) in [5.74, 6) is -1.47. The van der Waals surface area contributed by atoms with Gasteiger partial charge in [0, 0.05) is 35.4 Å². The van der Waals surface area contributed by atoms with Crippen LogP contribution in [0.25, 0.3) is 27.8 Å². The Balaban J connectivity index is 1.29. The Morgan fingerprint density at radius 3 is 2.49 bits per heavy atom. The monoisotopic (exact) mass is 555 g/mol. The van der Waals surface area contributed by atoms with Crippen molar-refractivity contribution >= 4 is 34.2 Å². The number of rotatable bonds is 6. The lowest BCUT2D eigenvalue weighted by atomic mass is 9.91. The minimum Gasteiger partial charge on any atom is -0.351 e. The molecule has 1 fully saturated rings. The second-order valence-corrected chi connectivity index (χ2v) is 10.8. The Labute approximate surface area is 236 Å². The van der Waals surface area contributed by atoms with Crippen LogP contribution in [0.4, 0.5) is 20.4 Å². The number of halogens is 2. The summed E-state index contributed by atoms with van der Waals surface area (Å²) >= 11 is 0. The summed E-state index contributed by atoms with van der Waals surface area (Å²) in [5.41, 5.74) is 3.20. The first-order chi connectivity index (χ1) is 19.8. The molecule has 1 aliphatic rings. The van der Waals surface area contributed by atoms with Crippen molar-refractivity contribution in [3.63, 3.8) is 0 Å². The summed E-state index contributed by atoms with van der Waals surface area (Å²) in [6.45, 7) is 1.90. The molecule has 41 heavy (non-hydrogen) atoms. The van der Waals surface area contributed by atoms with Crippen molar-refractivity contribution in [1.82, 2.24) is 24.3 Å². The number of fused-ring (bicyclic) bond motifs is 3. The van der Waals surface area contributed by atoms with E-state index in [1.807, 2.05) is 23.6 Å². The van der Waals surface area contributed by atoms with Gasteiger partial charge in [-0.15, -0.1) is 0 Å². The Morgan fingerprint density at radius 1 is 0.976 bits per heavy atom. The van der Waals surface area contributed by atoms with Crippen molar-refractivity contribution in [3.8, 4) is 11.1 Å². The largest absolute Gasteiger partial charge is 0.351 e. The molecule has 0 unspecified atom stereocenters. The van der Waals surface area contributed by atoms with Gasteiger partial charge in [0.25, 0.3) is 5.91 Å². The smallest absolute Gasteiger partial charge is 0.258 e. The van der Waals surface area contributed by atoms with Gasteiger partial charge in [-0.1, -0.05) is 18.2 Å². The summed E-state index contributed by atoms with van der Waals surface area (Å²) < 4.78 is 31.1. The molecule has 2 aromatic carbocycles. The zero-order valence-corrected chi connectivity index (χ0v) is 23.2. The number of hydrogen-bond acceptors (Lipinski definition) is 6. The quantitative estimate of drug-likeness (QED) is 0.265. The highest BCUT2D eigenvalue weighted by atomic mass is 19.1. The normalized spacial score (nSPS) is 17.3. The van der Waals surface area contributed by atoms with Crippen molar-refractivity contribution in [3.05, 3.63) is 83.8 Å². The summed E-state index contributed by atoms with van der Waals surface area (Å²) in [5, 5.41) is 6.75. The number of amides is 1. The van der Waals surface area contributed by atoms with Gasteiger partial charge in [-0.2, -0.15) is 4.98 Å². The number of hydrogen-bond donors (Lipinski definition) is 2. The minimum absolute atomic E-state index is 0.0444. The van der Waals surface area contributed by atoms with Crippen molar-refractivity contribution in [1.29, 1.82) is 0 Å². The zero-order valence-electron chi connectivity index (χ0n) is 23.2. The third kappa shape index (κ3) is 5.35. The molecule has 0 atom stereocenters. The predicted octanol–water partition coefficient (Wildman–Crippen LogP) is 6.07. The van der Waals surface area contributed by atoms with E-state index in [0.29, 0.717) is 40.5 Å². The maximum Gasteiger partial charge on any atom is 0.258 e. The first-order valence-electron chi connectivity index (χ1n) is 13.7. The van der Waals surface area contributed by atoms with Crippen LogP contribution in [0.15, 0.2) is 60.9 Å². The van der Waals surface area contributed by atoms with E-state index in [-0.39, 0.29) is 11.3 Å². The fourth-order valence-electron chi connectivity index (χ4n) is 5.57. The number of aromatic nitrogens is 4. The van der Waals surface area contributed by atoms with E-state index in [1.54, 1.807) is 18.3 Å². The molecule has 0 bridgehead atoms. The molecule has 10 heteroatoms. The molecule has 3 aromatic heterocycles. The number of carbonyl (C=O) groups excluding carboxylic acids is 1. The zero-order chi connectivity index (χ0) is 28.7. The van der Waals surface area contributed by atoms with Crippen LogP contribution in [0.2, 0.25) is 0 Å². The molecule has 8 nitrogen and oxygen atoms in total. The van der Waals surface area contributed by atoms with E-state index in [2.05, 4.69) is 34.6 Å². The van der Waals surface area contributed by atoms with E-state index in [9.17, 15) is 9.18 Å². The molecule has 1 saturated carbocycles. The van der Waals surface area contributed by atoms with Crippen LogP contribution in [0.1, 0.15) is 41.7 Å². The first-order valence-corrected chi connectivity index (χ1v) is 13.7. The number of benzene rings is 2. The third-order valence-electron chi connectivity index (χ3n) is 7.80. The lowest BCUT2D eigenvalue weighted by Crippen LogP contribution is -2.36. The molecule has 0 saturated heterocycles.